The van der Waals surface area contributed by atoms with Crippen molar-refractivity contribution in [2.75, 3.05) is 19.6 Å². The molecule has 3 aliphatic rings. The Morgan fingerprint density at radius 2 is 2.22 bits per heavy atom. The predicted octanol–water partition coefficient (Wildman–Crippen LogP) is -0.0274. The van der Waals surface area contributed by atoms with Gasteiger partial charge in [0.2, 0.25) is 0 Å². The lowest BCUT2D eigenvalue weighted by atomic mass is 9.97. The Bertz CT molecular complexity index is 77.6. The van der Waals surface area contributed by atoms with Crippen LogP contribution < -0.4 is 10.6 Å². The molecule has 0 aromatic rings. The van der Waals surface area contributed by atoms with Gasteiger partial charge in [0, 0.05) is 19.1 Å². The normalized spacial score (nSPS) is 42.7. The average molecular weight is 125 g/mol. The maximum Gasteiger partial charge on any atom is 0.0287 e. The Hall–Kier alpha value is -0.0800. The highest BCUT2D eigenvalue weighted by atomic mass is 15.0. The molecule has 3 fully saturated rings. The topological polar surface area (TPSA) is 26.1 Å². The van der Waals surface area contributed by atoms with Gasteiger partial charge < -0.3 is 5.32 Å². The van der Waals surface area contributed by atoms with E-state index in [1.807, 2.05) is 0 Å². The fourth-order valence-corrected chi connectivity index (χ4v) is 1.70. The molecule has 0 aliphatic carbocycles. The first kappa shape index (κ1) is 5.69. The molecule has 1 N–H and O–H groups in total. The maximum absolute atomic E-state index is 4.43. The summed E-state index contributed by atoms with van der Waals surface area (Å²) in [4.78, 5) is 0. The predicted molar refractivity (Wildman–Crippen MR) is 36.4 cm³/mol. The van der Waals surface area contributed by atoms with Crippen molar-refractivity contribution >= 4 is 0 Å². The van der Waals surface area contributed by atoms with Crippen LogP contribution in [0.2, 0.25) is 0 Å². The van der Waals surface area contributed by atoms with Crippen molar-refractivity contribution in [2.24, 2.45) is 5.92 Å². The standard InChI is InChI=1S/C7H13N2/c1-2-7-5-8-3-6(1)4-9-7/h6-7,9H,1-5H2. The minimum atomic E-state index is 0.726. The van der Waals surface area contributed by atoms with E-state index >= 15 is 0 Å². The third-order valence-electron chi connectivity index (χ3n) is 2.36. The van der Waals surface area contributed by atoms with Crippen LogP contribution in [0.25, 0.3) is 0 Å². The van der Waals surface area contributed by atoms with Gasteiger partial charge in [0.15, 0.2) is 0 Å². The second kappa shape index (κ2) is 2.27. The molecule has 2 atom stereocenters. The average Bonchev–Trinajstić information content (AvgIpc) is 2.21. The molecule has 2 heteroatoms. The quantitative estimate of drug-likeness (QED) is 0.483. The molecule has 3 rings (SSSR count). The molecule has 2 unspecified atom stereocenters. The van der Waals surface area contributed by atoms with E-state index in [2.05, 4.69) is 10.6 Å². The fraction of sp³-hybridized carbons (Fsp3) is 1.00. The molecule has 9 heavy (non-hydrogen) atoms. The van der Waals surface area contributed by atoms with Gasteiger partial charge >= 0.3 is 0 Å². The second-order valence-corrected chi connectivity index (χ2v) is 3.14. The van der Waals surface area contributed by atoms with E-state index in [9.17, 15) is 0 Å². The molecule has 3 saturated heterocycles. The SMILES string of the molecule is C1CC2C[N]CC1CN2. The van der Waals surface area contributed by atoms with E-state index < -0.39 is 0 Å². The first-order valence-electron chi connectivity index (χ1n) is 3.82. The monoisotopic (exact) mass is 125 g/mol. The number of nitrogens with zero attached hydrogens (tertiary/aromatic N) is 1. The van der Waals surface area contributed by atoms with E-state index in [1.54, 1.807) is 0 Å². The second-order valence-electron chi connectivity index (χ2n) is 3.14. The van der Waals surface area contributed by atoms with Crippen LogP contribution in [0.1, 0.15) is 12.8 Å². The molecular weight excluding hydrogens is 112 g/mol. The Morgan fingerprint density at radius 3 is 3.00 bits per heavy atom. The number of rotatable bonds is 0. The summed E-state index contributed by atoms with van der Waals surface area (Å²) < 4.78 is 0. The molecule has 0 amide bonds. The van der Waals surface area contributed by atoms with Crippen LogP contribution in [-0.4, -0.2) is 25.7 Å². The highest BCUT2D eigenvalue weighted by Gasteiger charge is 2.24. The lowest BCUT2D eigenvalue weighted by molar-refractivity contribution is 0.359. The van der Waals surface area contributed by atoms with E-state index in [0.29, 0.717) is 0 Å². The van der Waals surface area contributed by atoms with Gasteiger partial charge in [-0.2, -0.15) is 0 Å². The number of fused-ring (bicyclic) bond motifs is 4. The van der Waals surface area contributed by atoms with Gasteiger partial charge in [-0.3, -0.25) is 0 Å². The van der Waals surface area contributed by atoms with Gasteiger partial charge in [0.1, 0.15) is 0 Å². The Kier molecular flexibility index (Phi) is 1.44. The van der Waals surface area contributed by atoms with Gasteiger partial charge in [-0.1, -0.05) is 0 Å². The number of nitrogens with one attached hydrogen (secondary N) is 1. The molecule has 3 aliphatic heterocycles. The summed E-state index contributed by atoms with van der Waals surface area (Å²) in [5.41, 5.74) is 0. The first-order chi connectivity index (χ1) is 4.45. The minimum Gasteiger partial charge on any atom is -0.312 e. The fourth-order valence-electron chi connectivity index (χ4n) is 1.70. The van der Waals surface area contributed by atoms with Crippen LogP contribution in [0.15, 0.2) is 0 Å². The smallest absolute Gasteiger partial charge is 0.0287 e. The lowest BCUT2D eigenvalue weighted by Crippen LogP contribution is -2.38. The molecule has 0 saturated carbocycles. The van der Waals surface area contributed by atoms with Gasteiger partial charge in [-0.15, -0.1) is 0 Å². The number of hydrogen-bond donors (Lipinski definition) is 1. The molecule has 0 aromatic heterocycles. The number of hydrogen-bond acceptors (Lipinski definition) is 1. The minimum absolute atomic E-state index is 0.726. The maximum atomic E-state index is 4.43. The van der Waals surface area contributed by atoms with Crippen LogP contribution in [-0.2, 0) is 0 Å². The molecule has 51 valence electrons. The van der Waals surface area contributed by atoms with Crippen molar-refractivity contribution in [3.8, 4) is 0 Å². The van der Waals surface area contributed by atoms with Crippen molar-refractivity contribution in [1.82, 2.24) is 10.6 Å². The van der Waals surface area contributed by atoms with Gasteiger partial charge in [0.25, 0.3) is 0 Å². The summed E-state index contributed by atoms with van der Waals surface area (Å²) >= 11 is 0. The zero-order valence-electron chi connectivity index (χ0n) is 5.64. The zero-order chi connectivity index (χ0) is 6.10. The van der Waals surface area contributed by atoms with Crippen LogP contribution in [0.5, 0.6) is 0 Å². The summed E-state index contributed by atoms with van der Waals surface area (Å²) in [6.07, 6.45) is 2.76. The van der Waals surface area contributed by atoms with E-state index in [4.69, 9.17) is 0 Å². The summed E-state index contributed by atoms with van der Waals surface area (Å²) in [6.45, 7) is 3.40. The van der Waals surface area contributed by atoms with E-state index in [-0.39, 0.29) is 0 Å². The van der Waals surface area contributed by atoms with Gasteiger partial charge in [0.05, 0.1) is 0 Å². The van der Waals surface area contributed by atoms with Crippen LogP contribution >= 0.6 is 0 Å². The van der Waals surface area contributed by atoms with Gasteiger partial charge in [-0.25, -0.2) is 5.32 Å². The third kappa shape index (κ3) is 1.10. The molecule has 0 aromatic carbocycles. The lowest BCUT2D eigenvalue weighted by Gasteiger charge is -2.23. The molecule has 3 heterocycles. The van der Waals surface area contributed by atoms with Crippen molar-refractivity contribution < 1.29 is 0 Å². The molecule has 2 nitrogen and oxygen atoms in total. The van der Waals surface area contributed by atoms with E-state index in [0.717, 1.165) is 25.0 Å². The van der Waals surface area contributed by atoms with Crippen LogP contribution in [0.3, 0.4) is 0 Å². The first-order valence-corrected chi connectivity index (χ1v) is 3.82. The molecule has 1 radical (unpaired) electrons. The van der Waals surface area contributed by atoms with Crippen LogP contribution in [0, 0.1) is 5.92 Å². The Balaban J connectivity index is 2.03. The van der Waals surface area contributed by atoms with Crippen molar-refractivity contribution in [3.05, 3.63) is 0 Å². The highest BCUT2D eigenvalue weighted by Crippen LogP contribution is 2.16. The summed E-state index contributed by atoms with van der Waals surface area (Å²) in [5.74, 6) is 0.865. The Morgan fingerprint density at radius 1 is 1.22 bits per heavy atom. The Labute approximate surface area is 56.0 Å². The molecular formula is C7H13N2. The third-order valence-corrected chi connectivity index (χ3v) is 2.36. The molecule has 2 bridgehead atoms. The number of piperidine rings is 1. The van der Waals surface area contributed by atoms with Crippen molar-refractivity contribution in [3.63, 3.8) is 0 Å². The summed E-state index contributed by atoms with van der Waals surface area (Å²) in [5, 5.41) is 7.92. The van der Waals surface area contributed by atoms with Crippen LogP contribution in [0.4, 0.5) is 0 Å². The summed E-state index contributed by atoms with van der Waals surface area (Å²) in [6, 6.07) is 0.726. The highest BCUT2D eigenvalue weighted by molar-refractivity contribution is 4.84. The van der Waals surface area contributed by atoms with Crippen molar-refractivity contribution in [1.29, 1.82) is 0 Å². The van der Waals surface area contributed by atoms with Gasteiger partial charge in [-0.05, 0) is 25.3 Å². The van der Waals surface area contributed by atoms with E-state index in [1.165, 1.54) is 19.4 Å². The van der Waals surface area contributed by atoms with Crippen molar-refractivity contribution in [2.45, 2.75) is 18.9 Å². The zero-order valence-corrected chi connectivity index (χ0v) is 5.64. The molecule has 0 spiro atoms. The largest absolute Gasteiger partial charge is 0.312 e. The summed E-state index contributed by atoms with van der Waals surface area (Å²) in [7, 11) is 0.